The van der Waals surface area contributed by atoms with Crippen LogP contribution < -0.4 is 0 Å². The van der Waals surface area contributed by atoms with Crippen LogP contribution in [0.4, 0.5) is 0 Å². The number of nitrogens with zero attached hydrogens (tertiary/aromatic N) is 1. The Hall–Kier alpha value is -0.890. The molecule has 0 aliphatic rings. The lowest BCUT2D eigenvalue weighted by molar-refractivity contribution is 0.591. The Kier molecular flexibility index (Phi) is 2.11. The first kappa shape index (κ1) is 9.66. The van der Waals surface area contributed by atoms with Gasteiger partial charge in [0, 0.05) is 5.39 Å². The molecule has 0 radical (unpaired) electrons. The lowest BCUT2D eigenvalue weighted by Gasteiger charge is -2.18. The first-order chi connectivity index (χ1) is 6.48. The number of hydrogen-bond acceptors (Lipinski definition) is 2. The van der Waals surface area contributed by atoms with Crippen molar-refractivity contribution in [3.63, 3.8) is 0 Å². The fraction of sp³-hybridized carbons (Fsp3) is 0.417. The summed E-state index contributed by atoms with van der Waals surface area (Å²) in [6.07, 6.45) is 0. The van der Waals surface area contributed by atoms with Gasteiger partial charge >= 0.3 is 0 Å². The van der Waals surface area contributed by atoms with Crippen molar-refractivity contribution in [2.75, 3.05) is 0 Å². The van der Waals surface area contributed by atoms with Crippen molar-refractivity contribution < 1.29 is 0 Å². The Morgan fingerprint density at radius 2 is 1.93 bits per heavy atom. The predicted octanol–water partition coefficient (Wildman–Crippen LogP) is 3.90. The molecule has 0 spiro atoms. The van der Waals surface area contributed by atoms with Crippen LogP contribution in [0.25, 0.3) is 10.1 Å². The highest BCUT2D eigenvalue weighted by molar-refractivity contribution is 7.13. The van der Waals surface area contributed by atoms with E-state index >= 15 is 0 Å². The molecule has 0 fully saturated rings. The molecule has 0 aliphatic heterocycles. The monoisotopic (exact) mass is 205 g/mol. The molecule has 1 heterocycles. The third-order valence-electron chi connectivity index (χ3n) is 2.52. The molecule has 74 valence electrons. The zero-order chi connectivity index (χ0) is 10.3. The van der Waals surface area contributed by atoms with Gasteiger partial charge in [0.2, 0.25) is 0 Å². The minimum atomic E-state index is 0.228. The van der Waals surface area contributed by atoms with E-state index in [-0.39, 0.29) is 5.41 Å². The lowest BCUT2D eigenvalue weighted by atomic mass is 9.87. The van der Waals surface area contributed by atoms with Crippen LogP contribution in [0.5, 0.6) is 0 Å². The lowest BCUT2D eigenvalue weighted by Crippen LogP contribution is -2.10. The average molecular weight is 205 g/mol. The van der Waals surface area contributed by atoms with Crippen molar-refractivity contribution in [1.29, 1.82) is 0 Å². The number of aryl methyl sites for hydroxylation is 1. The normalized spacial score (nSPS) is 12.3. The molecule has 0 atom stereocenters. The Labute approximate surface area is 88.9 Å². The molecule has 2 heteroatoms. The van der Waals surface area contributed by atoms with E-state index in [1.807, 2.05) is 0 Å². The van der Waals surface area contributed by atoms with Gasteiger partial charge in [-0.3, -0.25) is 0 Å². The summed E-state index contributed by atoms with van der Waals surface area (Å²) in [6.45, 7) is 8.78. The number of aromatic nitrogens is 1. The third-order valence-corrected chi connectivity index (χ3v) is 3.42. The maximum absolute atomic E-state index is 4.36. The summed E-state index contributed by atoms with van der Waals surface area (Å²) < 4.78 is 5.66. The summed E-state index contributed by atoms with van der Waals surface area (Å²) >= 11 is 1.59. The molecular weight excluding hydrogens is 190 g/mol. The van der Waals surface area contributed by atoms with Gasteiger partial charge in [-0.1, -0.05) is 32.9 Å². The van der Waals surface area contributed by atoms with Gasteiger partial charge in [0.05, 0.1) is 10.4 Å². The van der Waals surface area contributed by atoms with Crippen molar-refractivity contribution in [2.24, 2.45) is 0 Å². The van der Waals surface area contributed by atoms with E-state index in [9.17, 15) is 0 Å². The average Bonchev–Trinajstić information content (AvgIpc) is 2.46. The van der Waals surface area contributed by atoms with Gasteiger partial charge in [0.15, 0.2) is 0 Å². The highest BCUT2D eigenvalue weighted by atomic mass is 32.1. The van der Waals surface area contributed by atoms with E-state index in [2.05, 4.69) is 50.3 Å². The van der Waals surface area contributed by atoms with Gasteiger partial charge in [-0.25, -0.2) is 0 Å². The van der Waals surface area contributed by atoms with Gasteiger partial charge in [-0.15, -0.1) is 0 Å². The molecule has 0 bridgehead atoms. The van der Waals surface area contributed by atoms with Gasteiger partial charge in [-0.05, 0) is 35.5 Å². The largest absolute Gasteiger partial charge is 0.197 e. The third kappa shape index (κ3) is 1.55. The van der Waals surface area contributed by atoms with Gasteiger partial charge in [0.25, 0.3) is 0 Å². The Morgan fingerprint density at radius 3 is 2.57 bits per heavy atom. The molecule has 0 saturated carbocycles. The first-order valence-corrected chi connectivity index (χ1v) is 5.62. The molecule has 1 aromatic carbocycles. The van der Waals surface area contributed by atoms with Crippen LogP contribution in [0.2, 0.25) is 0 Å². The minimum Gasteiger partial charge on any atom is -0.197 e. The van der Waals surface area contributed by atoms with Crippen molar-refractivity contribution >= 4 is 21.6 Å². The molecule has 0 N–H and O–H groups in total. The second-order valence-corrected chi connectivity index (χ2v) is 5.53. The van der Waals surface area contributed by atoms with Crippen LogP contribution in [0, 0.1) is 6.92 Å². The van der Waals surface area contributed by atoms with Crippen molar-refractivity contribution in [2.45, 2.75) is 33.1 Å². The first-order valence-electron chi connectivity index (χ1n) is 4.85. The maximum Gasteiger partial charge on any atom is 0.0589 e. The molecule has 0 aliphatic carbocycles. The van der Waals surface area contributed by atoms with Gasteiger partial charge in [0.1, 0.15) is 0 Å². The summed E-state index contributed by atoms with van der Waals surface area (Å²) in [7, 11) is 0. The summed E-state index contributed by atoms with van der Waals surface area (Å²) in [5.41, 5.74) is 2.76. The quantitative estimate of drug-likeness (QED) is 0.635. The summed E-state index contributed by atoms with van der Waals surface area (Å²) in [5, 5.41) is 1.29. The molecule has 1 aromatic heterocycles. The van der Waals surface area contributed by atoms with Crippen molar-refractivity contribution in [1.82, 2.24) is 4.37 Å². The van der Waals surface area contributed by atoms with Gasteiger partial charge < -0.3 is 0 Å². The molecule has 0 saturated heterocycles. The molecule has 0 amide bonds. The summed E-state index contributed by atoms with van der Waals surface area (Å²) in [5.74, 6) is 0. The fourth-order valence-electron chi connectivity index (χ4n) is 1.53. The highest BCUT2D eigenvalue weighted by Gasteiger charge is 2.14. The van der Waals surface area contributed by atoms with Crippen molar-refractivity contribution in [3.05, 3.63) is 29.5 Å². The number of benzene rings is 1. The molecule has 2 aromatic rings. The zero-order valence-electron chi connectivity index (χ0n) is 9.09. The van der Waals surface area contributed by atoms with E-state index in [4.69, 9.17) is 0 Å². The van der Waals surface area contributed by atoms with Crippen LogP contribution in [-0.4, -0.2) is 4.37 Å². The van der Waals surface area contributed by atoms with Crippen LogP contribution in [0.1, 0.15) is 32.0 Å². The fourth-order valence-corrected chi connectivity index (χ4v) is 2.36. The number of hydrogen-bond donors (Lipinski definition) is 0. The molecule has 1 nitrogen and oxygen atoms in total. The van der Waals surface area contributed by atoms with Crippen LogP contribution >= 0.6 is 11.5 Å². The maximum atomic E-state index is 4.36. The Morgan fingerprint density at radius 1 is 1.21 bits per heavy atom. The molecular formula is C12H15NS. The van der Waals surface area contributed by atoms with Crippen molar-refractivity contribution in [3.8, 4) is 0 Å². The standard InChI is InChI=1S/C12H15NS/c1-8-10-6-5-9(12(2,3)4)7-11(10)14-13-8/h5-7H,1-4H3. The van der Waals surface area contributed by atoms with Gasteiger partial charge in [-0.2, -0.15) is 4.37 Å². The number of fused-ring (bicyclic) bond motifs is 1. The molecule has 0 unspecified atom stereocenters. The summed E-state index contributed by atoms with van der Waals surface area (Å²) in [4.78, 5) is 0. The van der Waals surface area contributed by atoms with E-state index in [0.29, 0.717) is 0 Å². The zero-order valence-corrected chi connectivity index (χ0v) is 9.90. The molecule has 2 rings (SSSR count). The van der Waals surface area contributed by atoms with E-state index in [1.165, 1.54) is 15.6 Å². The highest BCUT2D eigenvalue weighted by Crippen LogP contribution is 2.29. The Bertz CT molecular complexity index is 463. The van der Waals surface area contributed by atoms with E-state index in [0.717, 1.165) is 5.69 Å². The van der Waals surface area contributed by atoms with Crippen LogP contribution in [0.15, 0.2) is 18.2 Å². The van der Waals surface area contributed by atoms with E-state index in [1.54, 1.807) is 11.5 Å². The van der Waals surface area contributed by atoms with E-state index < -0.39 is 0 Å². The topological polar surface area (TPSA) is 12.9 Å². The molecule has 14 heavy (non-hydrogen) atoms. The second kappa shape index (κ2) is 3.06. The predicted molar refractivity (Wildman–Crippen MR) is 63.1 cm³/mol. The van der Waals surface area contributed by atoms with Crippen LogP contribution in [-0.2, 0) is 5.41 Å². The SMILES string of the molecule is Cc1nsc2cc(C(C)(C)C)ccc12. The minimum absolute atomic E-state index is 0.228. The second-order valence-electron chi connectivity index (χ2n) is 4.73. The smallest absolute Gasteiger partial charge is 0.0589 e. The number of rotatable bonds is 0. The van der Waals surface area contributed by atoms with Crippen LogP contribution in [0.3, 0.4) is 0 Å². The Balaban J connectivity index is 2.63. The summed E-state index contributed by atoms with van der Waals surface area (Å²) in [6, 6.07) is 6.67.